The minimum Gasteiger partial charge on any atom is -0.376 e. The van der Waals surface area contributed by atoms with Gasteiger partial charge in [-0.3, -0.25) is 4.99 Å². The SMILES string of the molecule is C[Si](C)(C)C#CCC(CC=NCc1ccccc1)(COCc1ccccc1)COCc1ccccc1. The fourth-order valence-corrected chi connectivity index (χ4v) is 4.38. The summed E-state index contributed by atoms with van der Waals surface area (Å²) in [6.45, 7) is 9.78. The highest BCUT2D eigenvalue weighted by Gasteiger charge is 2.30. The van der Waals surface area contributed by atoms with Gasteiger partial charge in [0.05, 0.1) is 33.0 Å². The minimum atomic E-state index is -1.48. The molecule has 0 amide bonds. The lowest BCUT2D eigenvalue weighted by Gasteiger charge is -2.31. The van der Waals surface area contributed by atoms with Crippen molar-refractivity contribution < 1.29 is 9.47 Å². The van der Waals surface area contributed by atoms with Crippen molar-refractivity contribution in [2.45, 2.75) is 52.2 Å². The zero-order valence-corrected chi connectivity index (χ0v) is 23.0. The van der Waals surface area contributed by atoms with Gasteiger partial charge in [-0.15, -0.1) is 11.5 Å². The van der Waals surface area contributed by atoms with Crippen molar-refractivity contribution in [3.8, 4) is 11.5 Å². The summed E-state index contributed by atoms with van der Waals surface area (Å²) in [6, 6.07) is 31.0. The summed E-state index contributed by atoms with van der Waals surface area (Å²) in [4.78, 5) is 4.74. The molecule has 0 aliphatic heterocycles. The zero-order valence-electron chi connectivity index (χ0n) is 22.0. The second-order valence-electron chi connectivity index (χ2n) is 10.4. The van der Waals surface area contributed by atoms with Crippen LogP contribution in [0.1, 0.15) is 29.5 Å². The highest BCUT2D eigenvalue weighted by atomic mass is 28.3. The van der Waals surface area contributed by atoms with Crippen molar-refractivity contribution in [2.75, 3.05) is 13.2 Å². The van der Waals surface area contributed by atoms with E-state index in [0.29, 0.717) is 33.0 Å². The molecule has 0 atom stereocenters. The number of rotatable bonds is 13. The predicted octanol–water partition coefficient (Wildman–Crippen LogP) is 7.34. The molecule has 3 aromatic carbocycles. The lowest BCUT2D eigenvalue weighted by molar-refractivity contribution is -0.0267. The fourth-order valence-electron chi connectivity index (χ4n) is 3.76. The standard InChI is InChI=1S/C32H39NO2Si/c1-36(2,3)23-13-20-32(27-34-25-30-16-9-5-10-17-30,28-35-26-31-18-11-6-12-19-31)21-22-33-24-29-14-7-4-8-15-29/h4-12,14-19,22H,20-21,24-28H2,1-3H3. The average molecular weight is 498 g/mol. The van der Waals surface area contributed by atoms with E-state index in [1.807, 2.05) is 48.7 Å². The van der Waals surface area contributed by atoms with E-state index in [4.69, 9.17) is 14.5 Å². The molecule has 3 aromatic rings. The van der Waals surface area contributed by atoms with Gasteiger partial charge in [-0.2, -0.15) is 0 Å². The van der Waals surface area contributed by atoms with E-state index >= 15 is 0 Å². The van der Waals surface area contributed by atoms with Gasteiger partial charge in [-0.05, 0) is 29.3 Å². The van der Waals surface area contributed by atoms with Crippen LogP contribution in [0.3, 0.4) is 0 Å². The maximum absolute atomic E-state index is 6.29. The van der Waals surface area contributed by atoms with Crippen LogP contribution >= 0.6 is 0 Å². The summed E-state index contributed by atoms with van der Waals surface area (Å²) in [6.07, 6.45) is 3.52. The van der Waals surface area contributed by atoms with E-state index < -0.39 is 8.07 Å². The Hall–Kier alpha value is -2.97. The monoisotopic (exact) mass is 497 g/mol. The third-order valence-corrected chi connectivity index (χ3v) is 6.66. The van der Waals surface area contributed by atoms with Gasteiger partial charge in [0.25, 0.3) is 0 Å². The molecular weight excluding hydrogens is 458 g/mol. The maximum atomic E-state index is 6.29. The normalized spacial score (nSPS) is 11.9. The van der Waals surface area contributed by atoms with Crippen molar-refractivity contribution in [3.05, 3.63) is 108 Å². The topological polar surface area (TPSA) is 30.8 Å². The van der Waals surface area contributed by atoms with Gasteiger partial charge in [-0.1, -0.05) is 111 Å². The lowest BCUT2D eigenvalue weighted by Crippen LogP contribution is -2.33. The molecule has 4 heteroatoms. The second kappa shape index (κ2) is 14.6. The van der Waals surface area contributed by atoms with Crippen LogP contribution in [0.25, 0.3) is 0 Å². The van der Waals surface area contributed by atoms with Crippen LogP contribution in [0.4, 0.5) is 0 Å². The Balaban J connectivity index is 1.74. The molecule has 0 saturated carbocycles. The summed E-state index contributed by atoms with van der Waals surface area (Å²) in [5.41, 5.74) is 6.82. The predicted molar refractivity (Wildman–Crippen MR) is 154 cm³/mol. The summed E-state index contributed by atoms with van der Waals surface area (Å²) >= 11 is 0. The molecule has 0 aromatic heterocycles. The van der Waals surface area contributed by atoms with Crippen LogP contribution in [0, 0.1) is 16.9 Å². The number of hydrogen-bond donors (Lipinski definition) is 0. The third kappa shape index (κ3) is 10.7. The highest BCUT2D eigenvalue weighted by Crippen LogP contribution is 2.28. The van der Waals surface area contributed by atoms with E-state index in [0.717, 1.165) is 12.8 Å². The van der Waals surface area contributed by atoms with Crippen molar-refractivity contribution >= 4 is 14.3 Å². The van der Waals surface area contributed by atoms with Gasteiger partial charge in [-0.25, -0.2) is 0 Å². The van der Waals surface area contributed by atoms with Gasteiger partial charge >= 0.3 is 0 Å². The van der Waals surface area contributed by atoms with Crippen molar-refractivity contribution in [1.29, 1.82) is 0 Å². The number of hydrogen-bond acceptors (Lipinski definition) is 3. The number of benzene rings is 3. The molecule has 0 bridgehead atoms. The van der Waals surface area contributed by atoms with Crippen LogP contribution in [-0.2, 0) is 29.2 Å². The molecule has 3 rings (SSSR count). The van der Waals surface area contributed by atoms with Gasteiger partial charge in [0, 0.05) is 11.8 Å². The Bertz CT molecular complexity index is 1050. The van der Waals surface area contributed by atoms with Crippen LogP contribution in [-0.4, -0.2) is 27.5 Å². The van der Waals surface area contributed by atoms with Crippen molar-refractivity contribution in [2.24, 2.45) is 10.4 Å². The second-order valence-corrected chi connectivity index (χ2v) is 15.1. The Kier molecular flexibility index (Phi) is 11.2. The van der Waals surface area contributed by atoms with Crippen LogP contribution in [0.5, 0.6) is 0 Å². The summed E-state index contributed by atoms with van der Waals surface area (Å²) in [7, 11) is -1.48. The van der Waals surface area contributed by atoms with E-state index in [9.17, 15) is 0 Å². The first kappa shape index (κ1) is 27.6. The van der Waals surface area contributed by atoms with E-state index in [2.05, 4.69) is 79.6 Å². The minimum absolute atomic E-state index is 0.267. The van der Waals surface area contributed by atoms with Gasteiger partial charge in [0.15, 0.2) is 0 Å². The molecule has 188 valence electrons. The molecule has 0 aliphatic carbocycles. The Morgan fingerprint density at radius 1 is 0.722 bits per heavy atom. The zero-order chi connectivity index (χ0) is 25.5. The largest absolute Gasteiger partial charge is 0.376 e. The van der Waals surface area contributed by atoms with Crippen molar-refractivity contribution in [3.63, 3.8) is 0 Å². The maximum Gasteiger partial charge on any atom is 0.129 e. The summed E-state index contributed by atoms with van der Waals surface area (Å²) in [5, 5.41) is 0. The fraction of sp³-hybridized carbons (Fsp3) is 0.344. The highest BCUT2D eigenvalue weighted by molar-refractivity contribution is 6.83. The molecule has 36 heavy (non-hydrogen) atoms. The third-order valence-electron chi connectivity index (χ3n) is 5.74. The van der Waals surface area contributed by atoms with Crippen molar-refractivity contribution in [1.82, 2.24) is 0 Å². The van der Waals surface area contributed by atoms with Crippen LogP contribution < -0.4 is 0 Å². The van der Waals surface area contributed by atoms with E-state index in [1.54, 1.807) is 0 Å². The molecule has 0 unspecified atom stereocenters. The lowest BCUT2D eigenvalue weighted by atomic mass is 9.83. The Morgan fingerprint density at radius 3 is 1.67 bits per heavy atom. The van der Waals surface area contributed by atoms with E-state index in [1.165, 1.54) is 16.7 Å². The first-order valence-electron chi connectivity index (χ1n) is 12.7. The van der Waals surface area contributed by atoms with Gasteiger partial charge in [0.2, 0.25) is 0 Å². The molecule has 0 heterocycles. The molecule has 0 fully saturated rings. The molecule has 0 N–H and O–H groups in total. The quantitative estimate of drug-likeness (QED) is 0.140. The molecule has 0 saturated heterocycles. The summed E-state index contributed by atoms with van der Waals surface area (Å²) < 4.78 is 12.6. The Morgan fingerprint density at radius 2 is 1.19 bits per heavy atom. The van der Waals surface area contributed by atoms with Crippen LogP contribution in [0.2, 0.25) is 19.6 Å². The molecular formula is C32H39NO2Si. The first-order valence-corrected chi connectivity index (χ1v) is 16.2. The first-order chi connectivity index (χ1) is 17.4. The smallest absolute Gasteiger partial charge is 0.129 e. The number of nitrogens with zero attached hydrogens (tertiary/aromatic N) is 1. The molecule has 3 nitrogen and oxygen atoms in total. The molecule has 0 spiro atoms. The average Bonchev–Trinajstić information content (AvgIpc) is 2.88. The van der Waals surface area contributed by atoms with Gasteiger partial charge < -0.3 is 9.47 Å². The summed E-state index contributed by atoms with van der Waals surface area (Å²) in [5.74, 6) is 3.51. The number of ether oxygens (including phenoxy) is 2. The molecule has 0 aliphatic rings. The molecule has 0 radical (unpaired) electrons. The Labute approximate surface area is 218 Å². The van der Waals surface area contributed by atoms with Crippen LogP contribution in [0.15, 0.2) is 96.0 Å². The van der Waals surface area contributed by atoms with Gasteiger partial charge in [0.1, 0.15) is 8.07 Å². The number of aliphatic imine (C=N–C) groups is 1. The van der Waals surface area contributed by atoms with E-state index in [-0.39, 0.29) is 5.41 Å².